The highest BCUT2D eigenvalue weighted by Gasteiger charge is 2.12. The Kier molecular flexibility index (Phi) is 5.46. The molecule has 124 valence electrons. The van der Waals surface area contributed by atoms with Gasteiger partial charge in [-0.05, 0) is 59.9 Å². The van der Waals surface area contributed by atoms with Crippen LogP contribution in [0.25, 0.3) is 12.2 Å². The van der Waals surface area contributed by atoms with Crippen LogP contribution in [-0.4, -0.2) is 11.6 Å². The minimum atomic E-state index is -0.110. The molecule has 0 aliphatic heterocycles. The van der Waals surface area contributed by atoms with Gasteiger partial charge < -0.3 is 0 Å². The molecule has 25 heavy (non-hydrogen) atoms. The zero-order valence-corrected chi connectivity index (χ0v) is 14.6. The Labute approximate surface area is 153 Å². The van der Waals surface area contributed by atoms with Gasteiger partial charge in [0.2, 0.25) is 0 Å². The number of ketones is 2. The van der Waals surface area contributed by atoms with Crippen LogP contribution in [0.4, 0.5) is 0 Å². The lowest BCUT2D eigenvalue weighted by Gasteiger charge is -2.07. The van der Waals surface area contributed by atoms with E-state index in [4.69, 9.17) is 0 Å². The summed E-state index contributed by atoms with van der Waals surface area (Å²) in [5.74, 6) is -0.174. The summed E-state index contributed by atoms with van der Waals surface area (Å²) < 4.78 is 0. The number of allylic oxidation sites excluding steroid dienone is 4. The first-order valence-corrected chi connectivity index (χ1v) is 8.58. The average molecular weight is 346 g/mol. The number of benzene rings is 2. The summed E-state index contributed by atoms with van der Waals surface area (Å²) in [6.45, 7) is 0. The molecule has 0 bridgehead atoms. The van der Waals surface area contributed by atoms with E-state index >= 15 is 0 Å². The molecule has 0 unspecified atom stereocenters. The van der Waals surface area contributed by atoms with Gasteiger partial charge in [0.15, 0.2) is 11.6 Å². The maximum absolute atomic E-state index is 11.7. The first kappa shape index (κ1) is 17.2. The minimum absolute atomic E-state index is 0.0635. The Bertz CT molecular complexity index is 869. The first-order chi connectivity index (χ1) is 12.1. The fourth-order valence-corrected chi connectivity index (χ4v) is 2.75. The van der Waals surface area contributed by atoms with E-state index in [2.05, 4.69) is 49.0 Å². The van der Waals surface area contributed by atoms with Crippen LogP contribution in [0.2, 0.25) is 0 Å². The van der Waals surface area contributed by atoms with Crippen LogP contribution in [0, 0.1) is 0 Å². The monoisotopic (exact) mass is 346 g/mol. The molecule has 0 amide bonds. The van der Waals surface area contributed by atoms with Gasteiger partial charge in [-0.15, -0.1) is 12.6 Å². The molecule has 1 aliphatic carbocycles. The SMILES string of the molecule is O=C1C=CC(=O)C(CCc2ccc(/C=C/c3ccc(S)cc3)cc2)=C1. The summed E-state index contributed by atoms with van der Waals surface area (Å²) in [7, 11) is 0. The van der Waals surface area contributed by atoms with Crippen molar-refractivity contribution in [3.63, 3.8) is 0 Å². The molecule has 0 saturated heterocycles. The van der Waals surface area contributed by atoms with E-state index in [-0.39, 0.29) is 11.6 Å². The molecular formula is C22H18O2S. The van der Waals surface area contributed by atoms with Crippen molar-refractivity contribution in [3.05, 3.63) is 89.0 Å². The molecule has 2 aromatic carbocycles. The van der Waals surface area contributed by atoms with Crippen LogP contribution in [0.3, 0.4) is 0 Å². The Hall–Kier alpha value is -2.65. The van der Waals surface area contributed by atoms with E-state index in [1.54, 1.807) is 0 Å². The van der Waals surface area contributed by atoms with Gasteiger partial charge in [0.1, 0.15) is 0 Å². The third-order valence-electron chi connectivity index (χ3n) is 4.06. The van der Waals surface area contributed by atoms with Gasteiger partial charge in [-0.2, -0.15) is 0 Å². The van der Waals surface area contributed by atoms with E-state index in [1.165, 1.54) is 18.2 Å². The minimum Gasteiger partial charge on any atom is -0.290 e. The number of rotatable bonds is 5. The third kappa shape index (κ3) is 4.91. The molecule has 0 saturated carbocycles. The van der Waals surface area contributed by atoms with Crippen LogP contribution in [0.5, 0.6) is 0 Å². The van der Waals surface area contributed by atoms with Crippen molar-refractivity contribution in [2.75, 3.05) is 0 Å². The number of carbonyl (C=O) groups is 2. The lowest BCUT2D eigenvalue weighted by molar-refractivity contribution is -0.114. The van der Waals surface area contributed by atoms with Crippen molar-refractivity contribution in [1.29, 1.82) is 0 Å². The van der Waals surface area contributed by atoms with Gasteiger partial charge >= 0.3 is 0 Å². The van der Waals surface area contributed by atoms with E-state index in [9.17, 15) is 9.59 Å². The van der Waals surface area contributed by atoms with Crippen molar-refractivity contribution < 1.29 is 9.59 Å². The van der Waals surface area contributed by atoms with Crippen LogP contribution in [0.15, 0.2) is 77.2 Å². The Balaban J connectivity index is 1.59. The molecule has 0 spiro atoms. The van der Waals surface area contributed by atoms with Crippen LogP contribution < -0.4 is 0 Å². The van der Waals surface area contributed by atoms with Crippen molar-refractivity contribution in [3.8, 4) is 0 Å². The highest BCUT2D eigenvalue weighted by molar-refractivity contribution is 7.80. The molecule has 2 aromatic rings. The van der Waals surface area contributed by atoms with E-state index in [1.807, 2.05) is 24.3 Å². The standard InChI is InChI=1S/C22H18O2S/c23-20-11-14-22(24)19(15-20)10-7-17-4-1-16(2-5-17)3-6-18-8-12-21(25)13-9-18/h1-6,8-9,11-15,25H,7,10H2/b6-3+. The van der Waals surface area contributed by atoms with Gasteiger partial charge in [-0.3, -0.25) is 9.59 Å². The van der Waals surface area contributed by atoms with E-state index in [0.717, 1.165) is 28.0 Å². The molecule has 3 heteroatoms. The Morgan fingerprint density at radius 3 is 2.00 bits per heavy atom. The van der Waals surface area contributed by atoms with Crippen LogP contribution in [0.1, 0.15) is 23.1 Å². The lowest BCUT2D eigenvalue weighted by atomic mass is 9.96. The highest BCUT2D eigenvalue weighted by atomic mass is 32.1. The predicted molar refractivity (Wildman–Crippen MR) is 105 cm³/mol. The lowest BCUT2D eigenvalue weighted by Crippen LogP contribution is -2.08. The van der Waals surface area contributed by atoms with E-state index < -0.39 is 0 Å². The summed E-state index contributed by atoms with van der Waals surface area (Å²) in [6.07, 6.45) is 9.56. The largest absolute Gasteiger partial charge is 0.290 e. The maximum atomic E-state index is 11.7. The summed E-state index contributed by atoms with van der Waals surface area (Å²) in [5.41, 5.74) is 3.98. The number of aryl methyl sites for hydroxylation is 1. The molecular weight excluding hydrogens is 328 g/mol. The van der Waals surface area contributed by atoms with Crippen LogP contribution >= 0.6 is 12.6 Å². The highest BCUT2D eigenvalue weighted by Crippen LogP contribution is 2.16. The second-order valence-electron chi connectivity index (χ2n) is 5.94. The Morgan fingerprint density at radius 1 is 0.760 bits per heavy atom. The summed E-state index contributed by atoms with van der Waals surface area (Å²) >= 11 is 4.28. The fraction of sp³-hybridized carbons (Fsp3) is 0.0909. The van der Waals surface area contributed by atoms with Crippen molar-refractivity contribution in [2.24, 2.45) is 0 Å². The second kappa shape index (κ2) is 7.95. The molecule has 1 aliphatic rings. The molecule has 0 aromatic heterocycles. The van der Waals surface area contributed by atoms with Gasteiger partial charge in [0, 0.05) is 10.5 Å². The van der Waals surface area contributed by atoms with Gasteiger partial charge in [-0.1, -0.05) is 48.6 Å². The number of hydrogen-bond donors (Lipinski definition) is 1. The van der Waals surface area contributed by atoms with Crippen molar-refractivity contribution in [1.82, 2.24) is 0 Å². The summed E-state index contributed by atoms with van der Waals surface area (Å²) in [4.78, 5) is 24.0. The average Bonchev–Trinajstić information content (AvgIpc) is 2.63. The number of hydrogen-bond acceptors (Lipinski definition) is 3. The third-order valence-corrected chi connectivity index (χ3v) is 4.35. The zero-order valence-electron chi connectivity index (χ0n) is 13.7. The van der Waals surface area contributed by atoms with Crippen molar-refractivity contribution >= 4 is 36.3 Å². The molecule has 2 nitrogen and oxygen atoms in total. The smallest absolute Gasteiger partial charge is 0.182 e. The van der Waals surface area contributed by atoms with Gasteiger partial charge in [-0.25, -0.2) is 0 Å². The zero-order chi connectivity index (χ0) is 17.6. The molecule has 0 radical (unpaired) electrons. The topological polar surface area (TPSA) is 34.1 Å². The van der Waals surface area contributed by atoms with Crippen LogP contribution in [-0.2, 0) is 16.0 Å². The summed E-state index contributed by atoms with van der Waals surface area (Å²) in [5, 5.41) is 0. The van der Waals surface area contributed by atoms with Gasteiger partial charge in [0.05, 0.1) is 0 Å². The quantitative estimate of drug-likeness (QED) is 0.483. The van der Waals surface area contributed by atoms with Gasteiger partial charge in [0.25, 0.3) is 0 Å². The first-order valence-electron chi connectivity index (χ1n) is 8.13. The molecule has 0 fully saturated rings. The molecule has 0 atom stereocenters. The number of carbonyl (C=O) groups excluding carboxylic acids is 2. The Morgan fingerprint density at radius 2 is 1.36 bits per heavy atom. The molecule has 0 N–H and O–H groups in total. The maximum Gasteiger partial charge on any atom is 0.182 e. The summed E-state index contributed by atoms with van der Waals surface area (Å²) in [6, 6.07) is 16.2. The second-order valence-corrected chi connectivity index (χ2v) is 6.45. The van der Waals surface area contributed by atoms with Crippen molar-refractivity contribution in [2.45, 2.75) is 17.7 Å². The van der Waals surface area contributed by atoms with E-state index in [0.29, 0.717) is 12.0 Å². The fourth-order valence-electron chi connectivity index (χ4n) is 2.60. The number of thiol groups is 1. The normalized spacial score (nSPS) is 14.2. The molecule has 3 rings (SSSR count). The molecule has 0 heterocycles. The predicted octanol–water partition coefficient (Wildman–Crippen LogP) is 4.71.